The van der Waals surface area contributed by atoms with E-state index in [0.717, 1.165) is 11.3 Å². The summed E-state index contributed by atoms with van der Waals surface area (Å²) in [7, 11) is 0. The summed E-state index contributed by atoms with van der Waals surface area (Å²) in [6.45, 7) is 2.37. The molecule has 17 heavy (non-hydrogen) atoms. The number of halogens is 1. The lowest BCUT2D eigenvalue weighted by atomic mass is 10.2. The van der Waals surface area contributed by atoms with Gasteiger partial charge in [-0.2, -0.15) is 0 Å². The lowest BCUT2D eigenvalue weighted by Crippen LogP contribution is -1.99. The van der Waals surface area contributed by atoms with Crippen LogP contribution >= 0.6 is 11.6 Å². The number of ether oxygens (including phenoxy) is 1. The molecule has 4 heteroatoms. The third-order valence-electron chi connectivity index (χ3n) is 2.31. The summed E-state index contributed by atoms with van der Waals surface area (Å²) >= 11 is 6.09. The van der Waals surface area contributed by atoms with E-state index in [1.54, 1.807) is 18.3 Å². The molecule has 0 saturated carbocycles. The van der Waals surface area contributed by atoms with Gasteiger partial charge in [-0.15, -0.1) is 0 Å². The Balaban J connectivity index is 2.25. The van der Waals surface area contributed by atoms with E-state index >= 15 is 0 Å². The highest BCUT2D eigenvalue weighted by molar-refractivity contribution is 6.32. The summed E-state index contributed by atoms with van der Waals surface area (Å²) in [5.41, 5.74) is 7.40. The van der Waals surface area contributed by atoms with Crippen molar-refractivity contribution in [1.82, 2.24) is 4.98 Å². The summed E-state index contributed by atoms with van der Waals surface area (Å²) in [6.07, 6.45) is 1.67. The van der Waals surface area contributed by atoms with E-state index in [9.17, 15) is 0 Å². The first kappa shape index (κ1) is 11.9. The van der Waals surface area contributed by atoms with Crippen molar-refractivity contribution in [3.63, 3.8) is 0 Å². The summed E-state index contributed by atoms with van der Waals surface area (Å²) < 4.78 is 5.68. The Morgan fingerprint density at radius 3 is 2.82 bits per heavy atom. The molecule has 0 amide bonds. The fourth-order valence-electron chi connectivity index (χ4n) is 1.45. The molecule has 0 fully saturated rings. The summed E-state index contributed by atoms with van der Waals surface area (Å²) in [5, 5.41) is 0.594. The van der Waals surface area contributed by atoms with Gasteiger partial charge in [0.1, 0.15) is 11.5 Å². The van der Waals surface area contributed by atoms with Crippen molar-refractivity contribution in [1.29, 1.82) is 0 Å². The van der Waals surface area contributed by atoms with Crippen LogP contribution in [0.5, 0.6) is 11.5 Å². The summed E-state index contributed by atoms with van der Waals surface area (Å²) in [4.78, 5) is 4.10. The average Bonchev–Trinajstić information content (AvgIpc) is 2.33. The van der Waals surface area contributed by atoms with Crippen LogP contribution in [0.15, 0.2) is 36.5 Å². The summed E-state index contributed by atoms with van der Waals surface area (Å²) in [6, 6.07) is 9.24. The standard InChI is InChI=1S/C13H13ClN2O/c1-9-2-3-13(12(14)6-9)17-11-4-5-16-10(7-11)8-15/h2-7H,8,15H2,1H3. The van der Waals surface area contributed by atoms with Gasteiger partial charge < -0.3 is 10.5 Å². The van der Waals surface area contributed by atoms with Crippen LogP contribution in [-0.4, -0.2) is 4.98 Å². The third kappa shape index (κ3) is 2.96. The van der Waals surface area contributed by atoms with Gasteiger partial charge in [0.2, 0.25) is 0 Å². The van der Waals surface area contributed by atoms with Gasteiger partial charge in [-0.1, -0.05) is 17.7 Å². The van der Waals surface area contributed by atoms with Gasteiger partial charge in [0, 0.05) is 18.8 Å². The van der Waals surface area contributed by atoms with E-state index in [0.29, 0.717) is 23.1 Å². The highest BCUT2D eigenvalue weighted by atomic mass is 35.5. The van der Waals surface area contributed by atoms with E-state index < -0.39 is 0 Å². The smallest absolute Gasteiger partial charge is 0.146 e. The number of nitrogens with zero attached hydrogens (tertiary/aromatic N) is 1. The van der Waals surface area contributed by atoms with Gasteiger partial charge in [0.25, 0.3) is 0 Å². The summed E-state index contributed by atoms with van der Waals surface area (Å²) in [5.74, 6) is 1.32. The first-order valence-electron chi connectivity index (χ1n) is 5.28. The van der Waals surface area contributed by atoms with Gasteiger partial charge in [-0.3, -0.25) is 4.98 Å². The van der Waals surface area contributed by atoms with E-state index in [1.807, 2.05) is 25.1 Å². The van der Waals surface area contributed by atoms with Crippen LogP contribution < -0.4 is 10.5 Å². The molecule has 0 spiro atoms. The molecule has 0 aliphatic carbocycles. The van der Waals surface area contributed by atoms with Crippen molar-refractivity contribution in [2.45, 2.75) is 13.5 Å². The van der Waals surface area contributed by atoms with Crippen LogP contribution in [0, 0.1) is 6.92 Å². The Morgan fingerprint density at radius 2 is 2.12 bits per heavy atom. The Kier molecular flexibility index (Phi) is 3.61. The Hall–Kier alpha value is -1.58. The van der Waals surface area contributed by atoms with Crippen molar-refractivity contribution >= 4 is 11.6 Å². The number of benzene rings is 1. The predicted molar refractivity (Wildman–Crippen MR) is 68.4 cm³/mol. The fraction of sp³-hybridized carbons (Fsp3) is 0.154. The highest BCUT2D eigenvalue weighted by Gasteiger charge is 2.04. The largest absolute Gasteiger partial charge is 0.456 e. The molecule has 88 valence electrons. The number of hydrogen-bond acceptors (Lipinski definition) is 3. The first-order valence-corrected chi connectivity index (χ1v) is 5.66. The molecule has 1 aromatic heterocycles. The van der Waals surface area contributed by atoms with Crippen molar-refractivity contribution in [2.24, 2.45) is 5.73 Å². The number of rotatable bonds is 3. The molecule has 0 bridgehead atoms. The molecule has 0 aliphatic rings. The Labute approximate surface area is 105 Å². The van der Waals surface area contributed by atoms with Gasteiger partial charge in [-0.25, -0.2) is 0 Å². The van der Waals surface area contributed by atoms with Gasteiger partial charge >= 0.3 is 0 Å². The molecular formula is C13H13ClN2O. The van der Waals surface area contributed by atoms with Gasteiger partial charge in [0.15, 0.2) is 0 Å². The van der Waals surface area contributed by atoms with Crippen LogP contribution in [0.25, 0.3) is 0 Å². The molecule has 1 heterocycles. The molecule has 0 saturated heterocycles. The number of pyridine rings is 1. The number of aromatic nitrogens is 1. The minimum atomic E-state index is 0.388. The lowest BCUT2D eigenvalue weighted by Gasteiger charge is -2.08. The van der Waals surface area contributed by atoms with Gasteiger partial charge in [-0.05, 0) is 30.7 Å². The van der Waals surface area contributed by atoms with E-state index in [-0.39, 0.29) is 0 Å². The third-order valence-corrected chi connectivity index (χ3v) is 2.61. The van der Waals surface area contributed by atoms with Gasteiger partial charge in [0.05, 0.1) is 10.7 Å². The second-order valence-corrected chi connectivity index (χ2v) is 4.13. The second-order valence-electron chi connectivity index (χ2n) is 3.72. The highest BCUT2D eigenvalue weighted by Crippen LogP contribution is 2.29. The van der Waals surface area contributed by atoms with Crippen LogP contribution in [-0.2, 0) is 6.54 Å². The Bertz CT molecular complexity index is 529. The topological polar surface area (TPSA) is 48.1 Å². The first-order chi connectivity index (χ1) is 8.19. The number of hydrogen-bond donors (Lipinski definition) is 1. The maximum absolute atomic E-state index is 6.09. The van der Waals surface area contributed by atoms with Crippen LogP contribution in [0.2, 0.25) is 5.02 Å². The van der Waals surface area contributed by atoms with Crippen LogP contribution in [0.4, 0.5) is 0 Å². The van der Waals surface area contributed by atoms with Crippen molar-refractivity contribution in [3.8, 4) is 11.5 Å². The molecule has 0 aliphatic heterocycles. The quantitative estimate of drug-likeness (QED) is 0.907. The molecule has 0 unspecified atom stereocenters. The van der Waals surface area contributed by atoms with E-state index in [4.69, 9.17) is 22.1 Å². The fourth-order valence-corrected chi connectivity index (χ4v) is 1.72. The van der Waals surface area contributed by atoms with Crippen molar-refractivity contribution in [2.75, 3.05) is 0 Å². The molecular weight excluding hydrogens is 236 g/mol. The van der Waals surface area contributed by atoms with Crippen molar-refractivity contribution in [3.05, 3.63) is 52.8 Å². The van der Waals surface area contributed by atoms with E-state index in [1.165, 1.54) is 0 Å². The minimum absolute atomic E-state index is 0.388. The molecule has 1 aromatic carbocycles. The average molecular weight is 249 g/mol. The molecule has 2 aromatic rings. The molecule has 0 radical (unpaired) electrons. The number of nitrogens with two attached hydrogens (primary N) is 1. The molecule has 2 N–H and O–H groups in total. The van der Waals surface area contributed by atoms with Crippen LogP contribution in [0.1, 0.15) is 11.3 Å². The van der Waals surface area contributed by atoms with Crippen molar-refractivity contribution < 1.29 is 4.74 Å². The zero-order chi connectivity index (χ0) is 12.3. The SMILES string of the molecule is Cc1ccc(Oc2ccnc(CN)c2)c(Cl)c1. The minimum Gasteiger partial charge on any atom is -0.456 e. The zero-order valence-corrected chi connectivity index (χ0v) is 10.2. The maximum Gasteiger partial charge on any atom is 0.146 e. The lowest BCUT2D eigenvalue weighted by molar-refractivity contribution is 0.481. The second kappa shape index (κ2) is 5.17. The molecule has 2 rings (SSSR count). The normalized spacial score (nSPS) is 10.3. The van der Waals surface area contributed by atoms with Crippen LogP contribution in [0.3, 0.4) is 0 Å². The predicted octanol–water partition coefficient (Wildman–Crippen LogP) is 3.29. The molecule has 3 nitrogen and oxygen atoms in total. The number of aryl methyl sites for hydroxylation is 1. The van der Waals surface area contributed by atoms with E-state index in [2.05, 4.69) is 4.98 Å². The molecule has 0 atom stereocenters. The Morgan fingerprint density at radius 1 is 1.29 bits per heavy atom. The monoisotopic (exact) mass is 248 g/mol. The maximum atomic E-state index is 6.09. The zero-order valence-electron chi connectivity index (χ0n) is 9.48.